The van der Waals surface area contributed by atoms with Crippen LogP contribution in [0.5, 0.6) is 5.75 Å². The van der Waals surface area contributed by atoms with Crippen molar-refractivity contribution in [3.05, 3.63) is 29.8 Å². The van der Waals surface area contributed by atoms with Gasteiger partial charge in [-0.25, -0.2) is 0 Å². The molecular formula is C14H19NO2. The van der Waals surface area contributed by atoms with Crippen molar-refractivity contribution in [2.45, 2.75) is 26.2 Å². The van der Waals surface area contributed by atoms with Gasteiger partial charge in [-0.3, -0.25) is 4.79 Å². The molecule has 1 aromatic carbocycles. The summed E-state index contributed by atoms with van der Waals surface area (Å²) in [4.78, 5) is 14.1. The third kappa shape index (κ3) is 2.78. The molecule has 1 unspecified atom stereocenters. The molecule has 3 nitrogen and oxygen atoms in total. The molecule has 1 N–H and O–H groups in total. The van der Waals surface area contributed by atoms with E-state index in [1.807, 2.05) is 4.90 Å². The van der Waals surface area contributed by atoms with E-state index in [0.29, 0.717) is 11.5 Å². The lowest BCUT2D eigenvalue weighted by Gasteiger charge is -2.20. The Bertz CT molecular complexity index is 403. The summed E-state index contributed by atoms with van der Waals surface area (Å²) in [6.45, 7) is 3.83. The van der Waals surface area contributed by atoms with Crippen LogP contribution in [0.1, 0.15) is 36.5 Å². The lowest BCUT2D eigenvalue weighted by atomic mass is 10.0. The van der Waals surface area contributed by atoms with Crippen molar-refractivity contribution in [2.75, 3.05) is 13.1 Å². The van der Waals surface area contributed by atoms with Crippen LogP contribution in [-0.2, 0) is 0 Å². The Labute approximate surface area is 102 Å². The van der Waals surface area contributed by atoms with E-state index in [1.54, 1.807) is 24.3 Å². The van der Waals surface area contributed by atoms with E-state index < -0.39 is 0 Å². The first-order valence-electron chi connectivity index (χ1n) is 6.25. The van der Waals surface area contributed by atoms with Crippen molar-refractivity contribution >= 4 is 5.91 Å². The number of benzene rings is 1. The standard InChI is InChI=1S/C14H19NO2/c1-11-5-4-9-15(10-8-11)14(17)12-6-2-3-7-13(12)16/h2-3,6-7,11,16H,4-5,8-10H2,1H3. The molecule has 1 aromatic rings. The molecule has 1 fully saturated rings. The highest BCUT2D eigenvalue weighted by molar-refractivity contribution is 5.96. The van der Waals surface area contributed by atoms with Crippen molar-refractivity contribution < 1.29 is 9.90 Å². The highest BCUT2D eigenvalue weighted by atomic mass is 16.3. The number of hydrogen-bond donors (Lipinski definition) is 1. The van der Waals surface area contributed by atoms with E-state index >= 15 is 0 Å². The number of phenols is 1. The molecule has 2 rings (SSSR count). The van der Waals surface area contributed by atoms with Gasteiger partial charge in [0, 0.05) is 13.1 Å². The Morgan fingerprint density at radius 3 is 2.82 bits per heavy atom. The largest absolute Gasteiger partial charge is 0.507 e. The van der Waals surface area contributed by atoms with Crippen LogP contribution in [0, 0.1) is 5.92 Å². The summed E-state index contributed by atoms with van der Waals surface area (Å²) in [5.74, 6) is 0.726. The smallest absolute Gasteiger partial charge is 0.257 e. The van der Waals surface area contributed by atoms with Crippen molar-refractivity contribution in [1.29, 1.82) is 0 Å². The molecule has 0 aliphatic carbocycles. The number of carbonyl (C=O) groups excluding carboxylic acids is 1. The zero-order valence-corrected chi connectivity index (χ0v) is 10.2. The topological polar surface area (TPSA) is 40.5 Å². The Kier molecular flexibility index (Phi) is 3.67. The first-order valence-corrected chi connectivity index (χ1v) is 6.25. The van der Waals surface area contributed by atoms with Crippen LogP contribution in [-0.4, -0.2) is 29.0 Å². The summed E-state index contributed by atoms with van der Waals surface area (Å²) in [5.41, 5.74) is 0.419. The second-order valence-corrected chi connectivity index (χ2v) is 4.85. The summed E-state index contributed by atoms with van der Waals surface area (Å²) in [6.07, 6.45) is 3.30. The van der Waals surface area contributed by atoms with E-state index in [1.165, 1.54) is 6.42 Å². The van der Waals surface area contributed by atoms with Crippen LogP contribution in [0.4, 0.5) is 0 Å². The van der Waals surface area contributed by atoms with Crippen LogP contribution in [0.15, 0.2) is 24.3 Å². The molecule has 1 atom stereocenters. The number of carbonyl (C=O) groups is 1. The van der Waals surface area contributed by atoms with Crippen molar-refractivity contribution in [2.24, 2.45) is 5.92 Å². The maximum Gasteiger partial charge on any atom is 0.257 e. The average Bonchev–Trinajstić information content (AvgIpc) is 2.54. The lowest BCUT2D eigenvalue weighted by molar-refractivity contribution is 0.0757. The number of likely N-dealkylation sites (tertiary alicyclic amines) is 1. The van der Waals surface area contributed by atoms with Gasteiger partial charge in [0.25, 0.3) is 5.91 Å². The number of hydrogen-bond acceptors (Lipinski definition) is 2. The molecule has 1 amide bonds. The molecule has 1 heterocycles. The number of rotatable bonds is 1. The fourth-order valence-corrected chi connectivity index (χ4v) is 2.29. The maximum atomic E-state index is 12.2. The summed E-state index contributed by atoms with van der Waals surface area (Å²) >= 11 is 0. The van der Waals surface area contributed by atoms with Gasteiger partial charge in [-0.1, -0.05) is 19.1 Å². The first kappa shape index (κ1) is 12.0. The van der Waals surface area contributed by atoms with Gasteiger partial charge in [-0.05, 0) is 37.3 Å². The summed E-state index contributed by atoms with van der Waals surface area (Å²) < 4.78 is 0. The van der Waals surface area contributed by atoms with Gasteiger partial charge in [-0.15, -0.1) is 0 Å². The second-order valence-electron chi connectivity index (χ2n) is 4.85. The van der Waals surface area contributed by atoms with Crippen LogP contribution < -0.4 is 0 Å². The Morgan fingerprint density at radius 1 is 1.29 bits per heavy atom. The quantitative estimate of drug-likeness (QED) is 0.810. The van der Waals surface area contributed by atoms with Gasteiger partial charge in [0.1, 0.15) is 5.75 Å². The van der Waals surface area contributed by atoms with Crippen LogP contribution in [0.2, 0.25) is 0 Å². The fraction of sp³-hybridized carbons (Fsp3) is 0.500. The van der Waals surface area contributed by atoms with Crippen LogP contribution in [0.25, 0.3) is 0 Å². The highest BCUT2D eigenvalue weighted by Gasteiger charge is 2.21. The van der Waals surface area contributed by atoms with Gasteiger partial charge in [0.05, 0.1) is 5.56 Å². The third-order valence-corrected chi connectivity index (χ3v) is 3.44. The molecule has 3 heteroatoms. The number of para-hydroxylation sites is 1. The molecule has 0 radical (unpaired) electrons. The maximum absolute atomic E-state index is 12.2. The first-order chi connectivity index (χ1) is 8.18. The van der Waals surface area contributed by atoms with E-state index in [9.17, 15) is 9.90 Å². The van der Waals surface area contributed by atoms with Gasteiger partial charge in [0.2, 0.25) is 0 Å². The van der Waals surface area contributed by atoms with Crippen LogP contribution >= 0.6 is 0 Å². The van der Waals surface area contributed by atoms with E-state index in [-0.39, 0.29) is 11.7 Å². The minimum absolute atomic E-state index is 0.0443. The van der Waals surface area contributed by atoms with Crippen molar-refractivity contribution in [3.63, 3.8) is 0 Å². The summed E-state index contributed by atoms with van der Waals surface area (Å²) in [6, 6.07) is 6.77. The lowest BCUT2D eigenvalue weighted by Crippen LogP contribution is -2.32. The predicted molar refractivity (Wildman–Crippen MR) is 67.0 cm³/mol. The molecule has 0 aromatic heterocycles. The third-order valence-electron chi connectivity index (χ3n) is 3.44. The van der Waals surface area contributed by atoms with Crippen molar-refractivity contribution in [3.8, 4) is 5.75 Å². The number of phenolic OH excluding ortho intramolecular Hbond substituents is 1. The predicted octanol–water partition coefficient (Wildman–Crippen LogP) is 2.65. The Morgan fingerprint density at radius 2 is 2.06 bits per heavy atom. The minimum Gasteiger partial charge on any atom is -0.507 e. The number of amides is 1. The van der Waals surface area contributed by atoms with Gasteiger partial charge in [0.15, 0.2) is 0 Å². The van der Waals surface area contributed by atoms with E-state index in [0.717, 1.165) is 25.9 Å². The second kappa shape index (κ2) is 5.21. The van der Waals surface area contributed by atoms with Crippen LogP contribution in [0.3, 0.4) is 0 Å². The molecule has 92 valence electrons. The average molecular weight is 233 g/mol. The molecule has 0 spiro atoms. The van der Waals surface area contributed by atoms with Gasteiger partial charge < -0.3 is 10.0 Å². The number of nitrogens with zero attached hydrogens (tertiary/aromatic N) is 1. The molecule has 1 aliphatic heterocycles. The van der Waals surface area contributed by atoms with Gasteiger partial charge in [-0.2, -0.15) is 0 Å². The molecule has 0 bridgehead atoms. The molecule has 1 aliphatic rings. The zero-order chi connectivity index (χ0) is 12.3. The molecular weight excluding hydrogens is 214 g/mol. The summed E-state index contributed by atoms with van der Waals surface area (Å²) in [7, 11) is 0. The van der Waals surface area contributed by atoms with Crippen molar-refractivity contribution in [1.82, 2.24) is 4.90 Å². The Hall–Kier alpha value is -1.51. The molecule has 1 saturated heterocycles. The summed E-state index contributed by atoms with van der Waals surface area (Å²) in [5, 5.41) is 9.69. The van der Waals surface area contributed by atoms with Gasteiger partial charge >= 0.3 is 0 Å². The van der Waals surface area contributed by atoms with E-state index in [4.69, 9.17) is 0 Å². The molecule has 0 saturated carbocycles. The van der Waals surface area contributed by atoms with E-state index in [2.05, 4.69) is 6.92 Å². The molecule has 17 heavy (non-hydrogen) atoms. The highest BCUT2D eigenvalue weighted by Crippen LogP contribution is 2.21. The monoisotopic (exact) mass is 233 g/mol. The fourth-order valence-electron chi connectivity index (χ4n) is 2.29. The number of aromatic hydroxyl groups is 1. The minimum atomic E-state index is -0.0443. The Balaban J connectivity index is 2.12. The SMILES string of the molecule is CC1CCCN(C(=O)c2ccccc2O)CC1. The zero-order valence-electron chi connectivity index (χ0n) is 10.2. The normalized spacial score (nSPS) is 21.0.